The number of hydrogen-bond acceptors (Lipinski definition) is 4. The third kappa shape index (κ3) is 4.27. The van der Waals surface area contributed by atoms with Crippen molar-refractivity contribution in [1.82, 2.24) is 0 Å². The lowest BCUT2D eigenvalue weighted by molar-refractivity contribution is -0.137. The zero-order valence-electron chi connectivity index (χ0n) is 11.6. The summed E-state index contributed by atoms with van der Waals surface area (Å²) in [6.07, 6.45) is -6.93. The smallest absolute Gasteiger partial charge is 0.416 e. The van der Waals surface area contributed by atoms with E-state index in [0.717, 1.165) is 18.2 Å². The van der Waals surface area contributed by atoms with Gasteiger partial charge in [-0.05, 0) is 24.1 Å². The number of ether oxygens (including phenoxy) is 2. The zero-order valence-corrected chi connectivity index (χ0v) is 11.6. The van der Waals surface area contributed by atoms with Crippen molar-refractivity contribution in [3.05, 3.63) is 35.4 Å². The topological polar surface area (TPSA) is 105 Å². The van der Waals surface area contributed by atoms with E-state index in [1.54, 1.807) is 0 Å². The van der Waals surface area contributed by atoms with Crippen molar-refractivity contribution in [2.24, 2.45) is 11.5 Å². The van der Waals surface area contributed by atoms with Gasteiger partial charge in [0, 0.05) is 0 Å². The molecule has 0 bridgehead atoms. The van der Waals surface area contributed by atoms with Gasteiger partial charge in [0.1, 0.15) is 6.61 Å². The number of amides is 2. The zero-order chi connectivity index (χ0) is 17.0. The molecule has 1 atom stereocenters. The highest BCUT2D eigenvalue weighted by molar-refractivity contribution is 5.66. The predicted octanol–water partition coefficient (Wildman–Crippen LogP) is 2.50. The molecule has 0 aromatic heterocycles. The maximum Gasteiger partial charge on any atom is 0.416 e. The lowest BCUT2D eigenvalue weighted by Gasteiger charge is -2.31. The van der Waals surface area contributed by atoms with E-state index in [1.807, 2.05) is 0 Å². The Labute approximate surface area is 124 Å². The molecule has 0 aliphatic heterocycles. The predicted molar refractivity (Wildman–Crippen MR) is 69.6 cm³/mol. The van der Waals surface area contributed by atoms with Gasteiger partial charge in [0.05, 0.1) is 5.56 Å². The fourth-order valence-electron chi connectivity index (χ4n) is 1.91. The van der Waals surface area contributed by atoms with Gasteiger partial charge in [-0.3, -0.25) is 0 Å². The molecule has 9 heteroatoms. The molecule has 1 rings (SSSR count). The average molecular weight is 320 g/mol. The fraction of sp³-hybridized carbons (Fsp3) is 0.385. The number of rotatable bonds is 5. The van der Waals surface area contributed by atoms with Crippen LogP contribution in [0.5, 0.6) is 0 Å². The minimum atomic E-state index is -4.58. The molecule has 1 aromatic rings. The fourth-order valence-corrected chi connectivity index (χ4v) is 1.91. The van der Waals surface area contributed by atoms with Crippen LogP contribution >= 0.6 is 0 Å². The molecule has 0 heterocycles. The van der Waals surface area contributed by atoms with E-state index in [9.17, 15) is 22.8 Å². The standard InChI is InChI=1S/C13H15F3N2O4/c1-2-12(22-11(18)20,7-21-10(17)19)8-4-3-5-9(6-8)13(14,15)16/h3-6H,2,7H2,1H3,(H2,17,19)(H2,18,20). The van der Waals surface area contributed by atoms with E-state index in [2.05, 4.69) is 4.74 Å². The summed E-state index contributed by atoms with van der Waals surface area (Å²) in [6, 6.07) is 4.13. The van der Waals surface area contributed by atoms with Crippen molar-refractivity contribution in [2.45, 2.75) is 25.1 Å². The molecular formula is C13H15F3N2O4. The highest BCUT2D eigenvalue weighted by Crippen LogP contribution is 2.35. The van der Waals surface area contributed by atoms with Gasteiger partial charge >= 0.3 is 18.4 Å². The molecule has 0 aliphatic carbocycles. The Morgan fingerprint density at radius 2 is 1.73 bits per heavy atom. The summed E-state index contributed by atoms with van der Waals surface area (Å²) in [7, 11) is 0. The van der Waals surface area contributed by atoms with Crippen LogP contribution < -0.4 is 11.5 Å². The minimum absolute atomic E-state index is 0.00937. The number of halogens is 3. The van der Waals surface area contributed by atoms with E-state index in [1.165, 1.54) is 13.0 Å². The summed E-state index contributed by atoms with van der Waals surface area (Å²) in [5.74, 6) is 0. The van der Waals surface area contributed by atoms with Gasteiger partial charge in [-0.1, -0.05) is 19.1 Å². The van der Waals surface area contributed by atoms with Crippen molar-refractivity contribution in [3.63, 3.8) is 0 Å². The highest BCUT2D eigenvalue weighted by atomic mass is 19.4. The molecule has 122 valence electrons. The molecule has 0 saturated heterocycles. The Hall–Kier alpha value is -2.45. The van der Waals surface area contributed by atoms with Crippen molar-refractivity contribution >= 4 is 12.2 Å². The Morgan fingerprint density at radius 1 is 1.14 bits per heavy atom. The Balaban J connectivity index is 3.30. The molecule has 0 aliphatic rings. The van der Waals surface area contributed by atoms with Crippen LogP contribution in [-0.2, 0) is 21.3 Å². The van der Waals surface area contributed by atoms with Crippen molar-refractivity contribution in [2.75, 3.05) is 6.61 Å². The molecular weight excluding hydrogens is 305 g/mol. The van der Waals surface area contributed by atoms with Gasteiger partial charge in [-0.2, -0.15) is 13.2 Å². The summed E-state index contributed by atoms with van der Waals surface area (Å²) in [5, 5.41) is 0. The van der Waals surface area contributed by atoms with Crippen LogP contribution in [0, 0.1) is 0 Å². The molecule has 1 aromatic carbocycles. The second kappa shape index (κ2) is 6.54. The second-order valence-corrected chi connectivity index (χ2v) is 4.46. The van der Waals surface area contributed by atoms with Crippen molar-refractivity contribution < 1.29 is 32.2 Å². The highest BCUT2D eigenvalue weighted by Gasteiger charge is 2.38. The maximum atomic E-state index is 12.8. The van der Waals surface area contributed by atoms with Gasteiger partial charge in [0.2, 0.25) is 0 Å². The third-order valence-electron chi connectivity index (χ3n) is 3.03. The lowest BCUT2D eigenvalue weighted by Crippen LogP contribution is -2.40. The number of nitrogens with two attached hydrogens (primary N) is 2. The second-order valence-electron chi connectivity index (χ2n) is 4.46. The number of carbonyl (C=O) groups excluding carboxylic acids is 2. The van der Waals surface area contributed by atoms with E-state index in [4.69, 9.17) is 16.2 Å². The SMILES string of the molecule is CCC(COC(N)=O)(OC(N)=O)c1cccc(C(F)(F)F)c1. The molecule has 4 N–H and O–H groups in total. The quantitative estimate of drug-likeness (QED) is 0.869. The van der Waals surface area contributed by atoms with Gasteiger partial charge in [-0.15, -0.1) is 0 Å². The number of alkyl halides is 3. The summed E-state index contributed by atoms with van der Waals surface area (Å²) in [4.78, 5) is 21.8. The third-order valence-corrected chi connectivity index (χ3v) is 3.03. The van der Waals surface area contributed by atoms with Crippen LogP contribution in [0.1, 0.15) is 24.5 Å². The first-order chi connectivity index (χ1) is 10.1. The monoisotopic (exact) mass is 320 g/mol. The molecule has 22 heavy (non-hydrogen) atoms. The molecule has 2 amide bonds. The molecule has 0 saturated carbocycles. The van der Waals surface area contributed by atoms with Gasteiger partial charge in [0.15, 0.2) is 5.60 Å². The van der Waals surface area contributed by atoms with Gasteiger partial charge in [0.25, 0.3) is 0 Å². The lowest BCUT2D eigenvalue weighted by atomic mass is 9.90. The molecule has 6 nitrogen and oxygen atoms in total. The van der Waals surface area contributed by atoms with Gasteiger partial charge < -0.3 is 20.9 Å². The van der Waals surface area contributed by atoms with Crippen molar-refractivity contribution in [1.29, 1.82) is 0 Å². The first-order valence-corrected chi connectivity index (χ1v) is 6.19. The molecule has 0 spiro atoms. The van der Waals surface area contributed by atoms with Crippen LogP contribution in [0.4, 0.5) is 22.8 Å². The Kier molecular flexibility index (Phi) is 5.23. The van der Waals surface area contributed by atoms with Crippen LogP contribution in [-0.4, -0.2) is 18.8 Å². The Bertz CT molecular complexity index is 562. The van der Waals surface area contributed by atoms with Crippen LogP contribution in [0.2, 0.25) is 0 Å². The first kappa shape index (κ1) is 17.6. The summed E-state index contributed by atoms with van der Waals surface area (Å²) < 4.78 is 47.9. The van der Waals surface area contributed by atoms with Crippen LogP contribution in [0.3, 0.4) is 0 Å². The molecule has 1 unspecified atom stereocenters. The number of carbonyl (C=O) groups is 2. The van der Waals surface area contributed by atoms with Crippen LogP contribution in [0.15, 0.2) is 24.3 Å². The van der Waals surface area contributed by atoms with E-state index in [-0.39, 0.29) is 12.0 Å². The van der Waals surface area contributed by atoms with Gasteiger partial charge in [-0.25, -0.2) is 9.59 Å². The maximum absolute atomic E-state index is 12.8. The van der Waals surface area contributed by atoms with Crippen molar-refractivity contribution in [3.8, 4) is 0 Å². The number of hydrogen-bond donors (Lipinski definition) is 2. The Morgan fingerprint density at radius 3 is 2.18 bits per heavy atom. The number of primary amides is 2. The van der Waals surface area contributed by atoms with E-state index >= 15 is 0 Å². The normalized spacial score (nSPS) is 14.0. The first-order valence-electron chi connectivity index (χ1n) is 6.19. The summed E-state index contributed by atoms with van der Waals surface area (Å²) >= 11 is 0. The van der Waals surface area contributed by atoms with Crippen LogP contribution in [0.25, 0.3) is 0 Å². The minimum Gasteiger partial charge on any atom is -0.445 e. The average Bonchev–Trinajstić information content (AvgIpc) is 2.42. The number of benzene rings is 1. The largest absolute Gasteiger partial charge is 0.445 e. The van der Waals surface area contributed by atoms with E-state index in [0.29, 0.717) is 0 Å². The van der Waals surface area contributed by atoms with E-state index < -0.39 is 36.1 Å². The summed E-state index contributed by atoms with van der Waals surface area (Å²) in [6.45, 7) is 0.983. The summed E-state index contributed by atoms with van der Waals surface area (Å²) in [5.41, 5.74) is 7.22. The molecule has 0 radical (unpaired) electrons. The molecule has 0 fully saturated rings.